The SMILES string of the molecule is C[C@H]1CCC[C@H](C)N1C(=O)c1cc2n(n1)[C@@H](C(F)(F)F)C[C@@H](c1ccc(Cl)c(Cl)c1)N2. The topological polar surface area (TPSA) is 50.2 Å². The number of nitrogens with zero attached hydrogens (tertiary/aromatic N) is 3. The number of fused-ring (bicyclic) bond motifs is 1. The molecule has 5 nitrogen and oxygen atoms in total. The van der Waals surface area contributed by atoms with Crippen LogP contribution in [0.3, 0.4) is 0 Å². The highest BCUT2D eigenvalue weighted by molar-refractivity contribution is 6.42. The molecule has 1 aromatic heterocycles. The lowest BCUT2D eigenvalue weighted by Crippen LogP contribution is -2.47. The molecule has 0 bridgehead atoms. The normalized spacial score (nSPS) is 26.4. The van der Waals surface area contributed by atoms with Gasteiger partial charge >= 0.3 is 6.18 Å². The summed E-state index contributed by atoms with van der Waals surface area (Å²) in [5.74, 6) is -0.180. The fourth-order valence-corrected chi connectivity index (χ4v) is 4.89. The van der Waals surface area contributed by atoms with E-state index < -0.39 is 18.3 Å². The van der Waals surface area contributed by atoms with Gasteiger partial charge in [0.25, 0.3) is 5.91 Å². The first-order chi connectivity index (χ1) is 14.6. The van der Waals surface area contributed by atoms with E-state index in [-0.39, 0.29) is 40.9 Å². The van der Waals surface area contributed by atoms with Crippen molar-refractivity contribution in [2.45, 2.75) is 69.9 Å². The Bertz CT molecular complexity index is 983. The Balaban J connectivity index is 1.69. The molecule has 3 heterocycles. The maximum atomic E-state index is 13.9. The molecule has 10 heteroatoms. The zero-order valence-electron chi connectivity index (χ0n) is 17.1. The maximum absolute atomic E-state index is 13.9. The van der Waals surface area contributed by atoms with E-state index in [0.717, 1.165) is 23.9 Å². The molecule has 1 N–H and O–H groups in total. The minimum Gasteiger partial charge on any atom is -0.363 e. The summed E-state index contributed by atoms with van der Waals surface area (Å²) in [6, 6.07) is 3.71. The first kappa shape index (κ1) is 22.3. The minimum atomic E-state index is -4.52. The van der Waals surface area contributed by atoms with Crippen molar-refractivity contribution < 1.29 is 18.0 Å². The number of hydrogen-bond donors (Lipinski definition) is 1. The van der Waals surface area contributed by atoms with Gasteiger partial charge in [-0.2, -0.15) is 18.3 Å². The Morgan fingerprint density at radius 3 is 2.42 bits per heavy atom. The average Bonchev–Trinajstić information content (AvgIpc) is 3.12. The summed E-state index contributed by atoms with van der Waals surface area (Å²) < 4.78 is 42.6. The molecule has 31 heavy (non-hydrogen) atoms. The molecule has 2 aliphatic rings. The second-order valence-electron chi connectivity index (χ2n) is 8.36. The lowest BCUT2D eigenvalue weighted by atomic mass is 9.96. The molecule has 0 spiro atoms. The number of hydrogen-bond acceptors (Lipinski definition) is 3. The standard InChI is InChI=1S/C21H23Cl2F3N4O/c1-11-4-3-5-12(2)29(11)20(31)17-10-19-27-16(13-6-7-14(22)15(23)8-13)9-18(21(24,25)26)30(19)28-17/h6-8,10-12,16,18,27H,3-5,9H2,1-2H3/t11-,12-,16-,18+/m0/s1. The summed E-state index contributed by atoms with van der Waals surface area (Å²) in [6.07, 6.45) is -2.04. The van der Waals surface area contributed by atoms with Crippen molar-refractivity contribution in [3.05, 3.63) is 45.6 Å². The minimum absolute atomic E-state index is 0.0188. The van der Waals surface area contributed by atoms with Crippen LogP contribution in [0.15, 0.2) is 24.3 Å². The van der Waals surface area contributed by atoms with Gasteiger partial charge in [-0.25, -0.2) is 4.68 Å². The van der Waals surface area contributed by atoms with Crippen molar-refractivity contribution in [2.75, 3.05) is 5.32 Å². The molecule has 1 saturated heterocycles. The second kappa shape index (κ2) is 8.20. The predicted octanol–water partition coefficient (Wildman–Crippen LogP) is 6.25. The quantitative estimate of drug-likeness (QED) is 0.559. The van der Waals surface area contributed by atoms with Crippen LogP contribution in [0.5, 0.6) is 0 Å². The fraction of sp³-hybridized carbons (Fsp3) is 0.524. The number of anilines is 1. The molecule has 4 atom stereocenters. The van der Waals surface area contributed by atoms with Gasteiger partial charge in [0.15, 0.2) is 11.7 Å². The van der Waals surface area contributed by atoms with Crippen LogP contribution in [-0.4, -0.2) is 38.8 Å². The molecule has 2 aliphatic heterocycles. The summed E-state index contributed by atoms with van der Waals surface area (Å²) >= 11 is 12.0. The number of rotatable bonds is 2. The Kier molecular flexibility index (Phi) is 5.89. The number of carbonyl (C=O) groups excluding carboxylic acids is 1. The average molecular weight is 475 g/mol. The van der Waals surface area contributed by atoms with Crippen LogP contribution >= 0.6 is 23.2 Å². The number of aromatic nitrogens is 2. The largest absolute Gasteiger partial charge is 0.410 e. The summed E-state index contributed by atoms with van der Waals surface area (Å²) in [5, 5.41) is 7.79. The lowest BCUT2D eigenvalue weighted by Gasteiger charge is -2.38. The molecule has 1 amide bonds. The Hall–Kier alpha value is -1.93. The van der Waals surface area contributed by atoms with E-state index in [4.69, 9.17) is 23.2 Å². The van der Waals surface area contributed by atoms with Gasteiger partial charge in [0.2, 0.25) is 0 Å². The molecule has 0 unspecified atom stereocenters. The predicted molar refractivity (Wildman–Crippen MR) is 114 cm³/mol. The lowest BCUT2D eigenvalue weighted by molar-refractivity contribution is -0.173. The van der Waals surface area contributed by atoms with Gasteiger partial charge in [-0.15, -0.1) is 0 Å². The van der Waals surface area contributed by atoms with E-state index in [1.54, 1.807) is 23.1 Å². The van der Waals surface area contributed by atoms with E-state index in [2.05, 4.69) is 10.4 Å². The Morgan fingerprint density at radius 2 is 1.81 bits per heavy atom. The van der Waals surface area contributed by atoms with Crippen molar-refractivity contribution in [3.63, 3.8) is 0 Å². The smallest absolute Gasteiger partial charge is 0.363 e. The van der Waals surface area contributed by atoms with Gasteiger partial charge in [-0.05, 0) is 50.8 Å². The van der Waals surface area contributed by atoms with Crippen LogP contribution in [0.25, 0.3) is 0 Å². The molecule has 0 saturated carbocycles. The van der Waals surface area contributed by atoms with Gasteiger partial charge in [0, 0.05) is 24.6 Å². The highest BCUT2D eigenvalue weighted by atomic mass is 35.5. The first-order valence-corrected chi connectivity index (χ1v) is 11.0. The first-order valence-electron chi connectivity index (χ1n) is 10.3. The zero-order chi connectivity index (χ0) is 22.5. The third-order valence-electron chi connectivity index (χ3n) is 6.18. The highest BCUT2D eigenvalue weighted by Gasteiger charge is 2.47. The molecular weight excluding hydrogens is 452 g/mol. The Labute approximate surface area is 188 Å². The maximum Gasteiger partial charge on any atom is 0.410 e. The summed E-state index contributed by atoms with van der Waals surface area (Å²) in [6.45, 7) is 3.92. The number of carbonyl (C=O) groups is 1. The third kappa shape index (κ3) is 4.24. The monoisotopic (exact) mass is 474 g/mol. The highest BCUT2D eigenvalue weighted by Crippen LogP contribution is 2.44. The van der Waals surface area contributed by atoms with Gasteiger partial charge in [-0.1, -0.05) is 29.3 Å². The molecule has 1 aromatic carbocycles. The summed E-state index contributed by atoms with van der Waals surface area (Å²) in [7, 11) is 0. The van der Waals surface area contributed by atoms with E-state index in [1.807, 2.05) is 13.8 Å². The van der Waals surface area contributed by atoms with Crippen LogP contribution in [0.2, 0.25) is 10.0 Å². The van der Waals surface area contributed by atoms with Crippen molar-refractivity contribution >= 4 is 34.9 Å². The van der Waals surface area contributed by atoms with Gasteiger partial charge < -0.3 is 10.2 Å². The molecule has 1 fully saturated rings. The van der Waals surface area contributed by atoms with Gasteiger partial charge in [0.1, 0.15) is 5.82 Å². The van der Waals surface area contributed by atoms with Crippen molar-refractivity contribution in [1.82, 2.24) is 14.7 Å². The number of piperidine rings is 1. The molecule has 2 aromatic rings. The molecule has 0 radical (unpaired) electrons. The van der Waals surface area contributed by atoms with Crippen LogP contribution in [0, 0.1) is 0 Å². The van der Waals surface area contributed by atoms with Crippen molar-refractivity contribution in [2.24, 2.45) is 0 Å². The second-order valence-corrected chi connectivity index (χ2v) is 9.18. The van der Waals surface area contributed by atoms with Crippen molar-refractivity contribution in [3.8, 4) is 0 Å². The number of alkyl halides is 3. The van der Waals surface area contributed by atoms with E-state index in [0.29, 0.717) is 10.6 Å². The molecular formula is C21H23Cl2F3N4O. The number of amides is 1. The third-order valence-corrected chi connectivity index (χ3v) is 6.92. The Morgan fingerprint density at radius 1 is 1.13 bits per heavy atom. The van der Waals surface area contributed by atoms with E-state index >= 15 is 0 Å². The van der Waals surface area contributed by atoms with Crippen LogP contribution in [-0.2, 0) is 0 Å². The van der Waals surface area contributed by atoms with Crippen molar-refractivity contribution in [1.29, 1.82) is 0 Å². The summed E-state index contributed by atoms with van der Waals surface area (Å²) in [4.78, 5) is 14.9. The molecule has 0 aliphatic carbocycles. The molecule has 168 valence electrons. The number of nitrogens with one attached hydrogen (secondary N) is 1. The van der Waals surface area contributed by atoms with Crippen LogP contribution in [0.4, 0.5) is 19.0 Å². The number of halogens is 5. The zero-order valence-corrected chi connectivity index (χ0v) is 18.6. The van der Waals surface area contributed by atoms with Crippen LogP contribution < -0.4 is 5.32 Å². The van der Waals surface area contributed by atoms with E-state index in [9.17, 15) is 18.0 Å². The van der Waals surface area contributed by atoms with Gasteiger partial charge in [0.05, 0.1) is 16.1 Å². The van der Waals surface area contributed by atoms with Gasteiger partial charge in [-0.3, -0.25) is 4.79 Å². The molecule has 4 rings (SSSR count). The van der Waals surface area contributed by atoms with E-state index in [1.165, 1.54) is 6.07 Å². The number of likely N-dealkylation sites (tertiary alicyclic amines) is 1. The van der Waals surface area contributed by atoms with Crippen LogP contribution in [0.1, 0.15) is 67.7 Å². The summed E-state index contributed by atoms with van der Waals surface area (Å²) in [5.41, 5.74) is 0.606. The number of benzene rings is 1. The fourth-order valence-electron chi connectivity index (χ4n) is 4.58.